The molecule has 1 aromatic rings. The number of nitrogens with zero attached hydrogens (tertiary/aromatic N) is 1. The van der Waals surface area contributed by atoms with Gasteiger partial charge in [0.2, 0.25) is 0 Å². The van der Waals surface area contributed by atoms with E-state index in [-0.39, 0.29) is 28.2 Å². The molecule has 0 radical (unpaired) electrons. The monoisotopic (exact) mass is 340 g/mol. The normalized spacial score (nSPS) is 15.9. The molecule has 0 aromatic heterocycles. The minimum atomic E-state index is -1.00. The van der Waals surface area contributed by atoms with Gasteiger partial charge in [0, 0.05) is 18.2 Å². The van der Waals surface area contributed by atoms with Gasteiger partial charge < -0.3 is 10.1 Å². The zero-order chi connectivity index (χ0) is 17.0. The summed E-state index contributed by atoms with van der Waals surface area (Å²) in [5, 5.41) is 13.6. The van der Waals surface area contributed by atoms with Gasteiger partial charge in [-0.3, -0.25) is 14.9 Å². The first kappa shape index (κ1) is 17.2. The molecule has 2 rings (SSSR count). The highest BCUT2D eigenvalue weighted by atomic mass is 35.5. The highest BCUT2D eigenvalue weighted by Crippen LogP contribution is 2.23. The van der Waals surface area contributed by atoms with Crippen molar-refractivity contribution in [3.05, 3.63) is 38.9 Å². The molecule has 0 saturated heterocycles. The molecule has 1 aromatic carbocycles. The topological polar surface area (TPSA) is 98.5 Å². The third-order valence-electron chi connectivity index (χ3n) is 3.74. The Morgan fingerprint density at radius 2 is 2.04 bits per heavy atom. The number of nitrogens with one attached hydrogen (secondary N) is 1. The van der Waals surface area contributed by atoms with E-state index in [1.54, 1.807) is 0 Å². The van der Waals surface area contributed by atoms with Gasteiger partial charge >= 0.3 is 5.97 Å². The molecule has 1 N–H and O–H groups in total. The second kappa shape index (κ2) is 7.41. The predicted octanol–water partition coefficient (Wildman–Crippen LogP) is 2.85. The van der Waals surface area contributed by atoms with Crippen LogP contribution in [0.1, 0.15) is 43.0 Å². The van der Waals surface area contributed by atoms with Crippen LogP contribution in [0.2, 0.25) is 5.02 Å². The lowest BCUT2D eigenvalue weighted by Crippen LogP contribution is -2.40. The zero-order valence-electron chi connectivity index (χ0n) is 12.6. The lowest BCUT2D eigenvalue weighted by atomic mass is 10.2. The molecular formula is C15H17ClN2O5. The lowest BCUT2D eigenvalue weighted by Gasteiger charge is -2.17. The molecule has 8 heteroatoms. The van der Waals surface area contributed by atoms with Gasteiger partial charge in [-0.1, -0.05) is 24.4 Å². The van der Waals surface area contributed by atoms with E-state index in [0.717, 1.165) is 31.7 Å². The van der Waals surface area contributed by atoms with Crippen LogP contribution >= 0.6 is 11.6 Å². The van der Waals surface area contributed by atoms with Crippen molar-refractivity contribution in [3.63, 3.8) is 0 Å². The fraction of sp³-hybridized carbons (Fsp3) is 0.467. The Kier molecular flexibility index (Phi) is 5.54. The maximum Gasteiger partial charge on any atom is 0.340 e. The molecule has 23 heavy (non-hydrogen) atoms. The highest BCUT2D eigenvalue weighted by Gasteiger charge is 2.25. The number of benzene rings is 1. The third kappa shape index (κ3) is 4.41. The van der Waals surface area contributed by atoms with Crippen LogP contribution < -0.4 is 5.32 Å². The summed E-state index contributed by atoms with van der Waals surface area (Å²) in [6.45, 7) is 1.45. The first-order chi connectivity index (χ1) is 10.9. The van der Waals surface area contributed by atoms with Crippen LogP contribution in [0.15, 0.2) is 18.2 Å². The van der Waals surface area contributed by atoms with Crippen molar-refractivity contribution in [2.24, 2.45) is 0 Å². The maximum atomic E-state index is 12.1. The van der Waals surface area contributed by atoms with Crippen LogP contribution in [-0.4, -0.2) is 28.9 Å². The van der Waals surface area contributed by atoms with Crippen molar-refractivity contribution in [1.82, 2.24) is 5.32 Å². The summed E-state index contributed by atoms with van der Waals surface area (Å²) in [5.74, 6) is -1.25. The molecule has 1 amide bonds. The molecule has 0 aliphatic heterocycles. The molecule has 0 unspecified atom stereocenters. The Morgan fingerprint density at radius 1 is 1.39 bits per heavy atom. The Balaban J connectivity index is 2.01. The van der Waals surface area contributed by atoms with Crippen molar-refractivity contribution >= 4 is 29.2 Å². The molecular weight excluding hydrogens is 324 g/mol. The van der Waals surface area contributed by atoms with Gasteiger partial charge in [-0.15, -0.1) is 0 Å². The molecule has 0 heterocycles. The number of non-ortho nitro benzene ring substituents is 1. The number of nitro groups is 1. The second-order valence-corrected chi connectivity index (χ2v) is 5.87. The Morgan fingerprint density at radius 3 is 2.65 bits per heavy atom. The molecule has 0 bridgehead atoms. The largest absolute Gasteiger partial charge is 0.449 e. The van der Waals surface area contributed by atoms with Crippen LogP contribution in [0.4, 0.5) is 5.69 Å². The van der Waals surface area contributed by atoms with E-state index in [4.69, 9.17) is 16.3 Å². The van der Waals surface area contributed by atoms with Gasteiger partial charge in [0.1, 0.15) is 0 Å². The van der Waals surface area contributed by atoms with Crippen LogP contribution in [0.3, 0.4) is 0 Å². The fourth-order valence-corrected chi connectivity index (χ4v) is 2.64. The van der Waals surface area contributed by atoms with Gasteiger partial charge in [0.25, 0.3) is 11.6 Å². The Hall–Kier alpha value is -2.15. The standard InChI is InChI=1S/C15H17ClN2O5/c1-9(14(19)17-10-4-2-3-5-10)23-15(20)12-8-11(18(21)22)6-7-13(12)16/h6-10H,2-5H2,1H3,(H,17,19)/t9-/m0/s1. The minimum Gasteiger partial charge on any atom is -0.449 e. The summed E-state index contributed by atoms with van der Waals surface area (Å²) < 4.78 is 5.07. The molecule has 1 saturated carbocycles. The third-order valence-corrected chi connectivity index (χ3v) is 4.06. The van der Waals surface area contributed by atoms with Crippen LogP contribution in [0, 0.1) is 10.1 Å². The van der Waals surface area contributed by atoms with Crippen molar-refractivity contribution in [1.29, 1.82) is 0 Å². The van der Waals surface area contributed by atoms with Crippen molar-refractivity contribution in [2.75, 3.05) is 0 Å². The van der Waals surface area contributed by atoms with Crippen molar-refractivity contribution in [3.8, 4) is 0 Å². The SMILES string of the molecule is C[C@H](OC(=O)c1cc([N+](=O)[O-])ccc1Cl)C(=O)NC1CCCC1. The Bertz CT molecular complexity index is 628. The van der Waals surface area contributed by atoms with E-state index in [1.165, 1.54) is 19.1 Å². The predicted molar refractivity (Wildman–Crippen MR) is 83.4 cm³/mol. The number of halogens is 1. The molecule has 1 aliphatic rings. The number of hydrogen-bond acceptors (Lipinski definition) is 5. The molecule has 1 fully saturated rings. The second-order valence-electron chi connectivity index (χ2n) is 5.46. The summed E-state index contributed by atoms with van der Waals surface area (Å²) in [7, 11) is 0. The van der Waals surface area contributed by atoms with Crippen LogP contribution in [0.5, 0.6) is 0 Å². The summed E-state index contributed by atoms with van der Waals surface area (Å²) in [5.41, 5.74) is -0.411. The molecule has 7 nitrogen and oxygen atoms in total. The van der Waals surface area contributed by atoms with Gasteiger partial charge in [-0.2, -0.15) is 0 Å². The van der Waals surface area contributed by atoms with Gasteiger partial charge in [0.15, 0.2) is 6.10 Å². The van der Waals surface area contributed by atoms with Gasteiger partial charge in [0.05, 0.1) is 15.5 Å². The van der Waals surface area contributed by atoms with E-state index >= 15 is 0 Å². The van der Waals surface area contributed by atoms with Crippen molar-refractivity contribution < 1.29 is 19.2 Å². The van der Waals surface area contributed by atoms with E-state index < -0.39 is 17.0 Å². The number of carbonyl (C=O) groups is 2. The van der Waals surface area contributed by atoms with Gasteiger partial charge in [-0.25, -0.2) is 4.79 Å². The Labute approximate surface area is 138 Å². The molecule has 124 valence electrons. The number of amides is 1. The number of esters is 1. The van der Waals surface area contributed by atoms with Crippen LogP contribution in [0.25, 0.3) is 0 Å². The van der Waals surface area contributed by atoms with E-state index in [2.05, 4.69) is 5.32 Å². The van der Waals surface area contributed by atoms with E-state index in [1.807, 2.05) is 0 Å². The minimum absolute atomic E-state index is 0.0315. The van der Waals surface area contributed by atoms with E-state index in [9.17, 15) is 19.7 Å². The summed E-state index contributed by atoms with van der Waals surface area (Å²) in [6.07, 6.45) is 2.98. The quantitative estimate of drug-likeness (QED) is 0.505. The molecule has 1 atom stereocenters. The first-order valence-corrected chi connectivity index (χ1v) is 7.71. The highest BCUT2D eigenvalue weighted by molar-refractivity contribution is 6.33. The zero-order valence-corrected chi connectivity index (χ0v) is 13.3. The average molecular weight is 341 g/mol. The van der Waals surface area contributed by atoms with Crippen LogP contribution in [-0.2, 0) is 9.53 Å². The number of rotatable bonds is 5. The van der Waals surface area contributed by atoms with Gasteiger partial charge in [-0.05, 0) is 25.8 Å². The number of ether oxygens (including phenoxy) is 1. The smallest absolute Gasteiger partial charge is 0.340 e. The van der Waals surface area contributed by atoms with Crippen molar-refractivity contribution in [2.45, 2.75) is 44.8 Å². The molecule has 1 aliphatic carbocycles. The number of hydrogen-bond donors (Lipinski definition) is 1. The lowest BCUT2D eigenvalue weighted by molar-refractivity contribution is -0.384. The van der Waals surface area contributed by atoms with E-state index in [0.29, 0.717) is 0 Å². The first-order valence-electron chi connectivity index (χ1n) is 7.34. The molecule has 0 spiro atoms. The average Bonchev–Trinajstić information content (AvgIpc) is 3.00. The summed E-state index contributed by atoms with van der Waals surface area (Å²) in [6, 6.07) is 3.59. The summed E-state index contributed by atoms with van der Waals surface area (Å²) in [4.78, 5) is 34.2. The number of carbonyl (C=O) groups excluding carboxylic acids is 2. The maximum absolute atomic E-state index is 12.1. The fourth-order valence-electron chi connectivity index (χ4n) is 2.45. The summed E-state index contributed by atoms with van der Waals surface area (Å²) >= 11 is 5.87. The number of nitro benzene ring substituents is 1.